The fourth-order valence-electron chi connectivity index (χ4n) is 2.11. The summed E-state index contributed by atoms with van der Waals surface area (Å²) in [4.78, 5) is 22.8. The highest BCUT2D eigenvalue weighted by atomic mass is 35.5. The van der Waals surface area contributed by atoms with Crippen LogP contribution in [0.5, 0.6) is 17.2 Å². The van der Waals surface area contributed by atoms with Crippen molar-refractivity contribution >= 4 is 23.3 Å². The molecule has 2 aromatic rings. The van der Waals surface area contributed by atoms with E-state index in [1.807, 2.05) is 6.07 Å². The predicted octanol–water partition coefficient (Wildman–Crippen LogP) is 3.75. The number of nitro groups is 1. The molecule has 134 valence electrons. The van der Waals surface area contributed by atoms with Crippen LogP contribution in [0.2, 0.25) is 5.02 Å². The molecule has 0 aromatic heterocycles. The number of methoxy groups -OCH3 is 1. The number of carbonyl (C=O) groups excluding carboxylic acids is 1. The summed E-state index contributed by atoms with van der Waals surface area (Å²) >= 11 is 6.07. The molecule has 9 heteroatoms. The van der Waals surface area contributed by atoms with Crippen molar-refractivity contribution in [3.63, 3.8) is 0 Å². The van der Waals surface area contributed by atoms with Gasteiger partial charge in [0, 0.05) is 12.1 Å². The lowest BCUT2D eigenvalue weighted by molar-refractivity contribution is -0.385. The Morgan fingerprint density at radius 3 is 2.62 bits per heavy atom. The molecule has 0 saturated carbocycles. The summed E-state index contributed by atoms with van der Waals surface area (Å²) in [5, 5.41) is 20.1. The van der Waals surface area contributed by atoms with Crippen LogP contribution >= 0.6 is 11.6 Å². The first-order valence-corrected chi connectivity index (χ1v) is 7.70. The van der Waals surface area contributed by atoms with Crippen LogP contribution in [0.25, 0.3) is 0 Å². The minimum atomic E-state index is -0.872. The van der Waals surface area contributed by atoms with Gasteiger partial charge >= 0.3 is 11.7 Å². The standard InChI is InChI=1S/C17H13ClN2O6/c1-3-25-15-7-10(9-19)6-12(18)16(15)26-17(21)11-4-5-14(24-2)13(8-11)20(22)23/h4-8H,3H2,1-2H3. The van der Waals surface area contributed by atoms with Crippen LogP contribution in [-0.4, -0.2) is 24.6 Å². The van der Waals surface area contributed by atoms with E-state index in [0.29, 0.717) is 0 Å². The Labute approximate surface area is 153 Å². The quantitative estimate of drug-likeness (QED) is 0.326. The third kappa shape index (κ3) is 4.02. The van der Waals surface area contributed by atoms with Gasteiger partial charge in [0.25, 0.3) is 0 Å². The van der Waals surface area contributed by atoms with Crippen molar-refractivity contribution in [2.24, 2.45) is 0 Å². The SMILES string of the molecule is CCOc1cc(C#N)cc(Cl)c1OC(=O)c1ccc(OC)c([N+](=O)[O-])c1. The molecule has 0 unspecified atom stereocenters. The minimum Gasteiger partial charge on any atom is -0.490 e. The van der Waals surface area contributed by atoms with Crippen LogP contribution in [0, 0.1) is 21.4 Å². The summed E-state index contributed by atoms with van der Waals surface area (Å²) in [6, 6.07) is 8.28. The average Bonchev–Trinajstić information content (AvgIpc) is 2.63. The highest BCUT2D eigenvalue weighted by Crippen LogP contribution is 2.37. The topological polar surface area (TPSA) is 112 Å². The molecule has 8 nitrogen and oxygen atoms in total. The van der Waals surface area contributed by atoms with E-state index in [2.05, 4.69) is 0 Å². The fraction of sp³-hybridized carbons (Fsp3) is 0.176. The Morgan fingerprint density at radius 1 is 1.31 bits per heavy atom. The van der Waals surface area contributed by atoms with Gasteiger partial charge in [0.1, 0.15) is 0 Å². The van der Waals surface area contributed by atoms with E-state index in [-0.39, 0.29) is 45.7 Å². The maximum atomic E-state index is 12.4. The molecule has 0 N–H and O–H groups in total. The van der Waals surface area contributed by atoms with E-state index < -0.39 is 10.9 Å². The summed E-state index contributed by atoms with van der Waals surface area (Å²) in [5.41, 5.74) is -0.211. The van der Waals surface area contributed by atoms with Crippen LogP contribution < -0.4 is 14.2 Å². The molecule has 26 heavy (non-hydrogen) atoms. The van der Waals surface area contributed by atoms with Gasteiger partial charge in [-0.15, -0.1) is 0 Å². The Kier molecular flexibility index (Phi) is 5.98. The van der Waals surface area contributed by atoms with E-state index in [4.69, 9.17) is 31.1 Å². The molecule has 0 bridgehead atoms. The smallest absolute Gasteiger partial charge is 0.343 e. The molecule has 0 radical (unpaired) electrons. The first-order chi connectivity index (χ1) is 12.4. The molecular formula is C17H13ClN2O6. The van der Waals surface area contributed by atoms with E-state index in [1.165, 1.54) is 31.4 Å². The predicted molar refractivity (Wildman–Crippen MR) is 91.9 cm³/mol. The van der Waals surface area contributed by atoms with Crippen molar-refractivity contribution in [1.29, 1.82) is 5.26 Å². The van der Waals surface area contributed by atoms with Gasteiger partial charge < -0.3 is 14.2 Å². The molecule has 0 heterocycles. The lowest BCUT2D eigenvalue weighted by Crippen LogP contribution is -2.11. The van der Waals surface area contributed by atoms with Crippen molar-refractivity contribution in [3.8, 4) is 23.3 Å². The molecule has 0 aliphatic rings. The Bertz CT molecular complexity index is 907. The summed E-state index contributed by atoms with van der Waals surface area (Å²) < 4.78 is 15.5. The molecule has 0 atom stereocenters. The van der Waals surface area contributed by atoms with Gasteiger partial charge in [-0.2, -0.15) is 5.26 Å². The summed E-state index contributed by atoms with van der Waals surface area (Å²) in [6.45, 7) is 1.97. The van der Waals surface area contributed by atoms with Crippen molar-refractivity contribution in [2.45, 2.75) is 6.92 Å². The second kappa shape index (κ2) is 8.18. The van der Waals surface area contributed by atoms with Crippen LogP contribution in [0.4, 0.5) is 5.69 Å². The minimum absolute atomic E-state index is 0.00358. The van der Waals surface area contributed by atoms with Crippen LogP contribution in [0.3, 0.4) is 0 Å². The summed E-state index contributed by atoms with van der Waals surface area (Å²) in [7, 11) is 1.28. The number of carbonyl (C=O) groups is 1. The second-order valence-corrected chi connectivity index (χ2v) is 5.27. The molecule has 0 aliphatic heterocycles. The maximum Gasteiger partial charge on any atom is 0.343 e. The van der Waals surface area contributed by atoms with E-state index in [9.17, 15) is 14.9 Å². The van der Waals surface area contributed by atoms with E-state index >= 15 is 0 Å². The average molecular weight is 377 g/mol. The lowest BCUT2D eigenvalue weighted by atomic mass is 10.2. The van der Waals surface area contributed by atoms with Crippen molar-refractivity contribution in [3.05, 3.63) is 56.6 Å². The molecule has 0 aliphatic carbocycles. The Balaban J connectivity index is 2.40. The van der Waals surface area contributed by atoms with Gasteiger partial charge in [0.2, 0.25) is 0 Å². The number of ether oxygens (including phenoxy) is 3. The third-order valence-electron chi connectivity index (χ3n) is 3.24. The molecule has 2 rings (SSSR count). The molecule has 0 amide bonds. The zero-order chi connectivity index (χ0) is 19.3. The largest absolute Gasteiger partial charge is 0.490 e. The summed E-state index contributed by atoms with van der Waals surface area (Å²) in [5.74, 6) is -0.815. The first-order valence-electron chi connectivity index (χ1n) is 7.32. The zero-order valence-corrected chi connectivity index (χ0v) is 14.6. The van der Waals surface area contributed by atoms with Gasteiger partial charge in [0.15, 0.2) is 17.2 Å². The van der Waals surface area contributed by atoms with E-state index in [0.717, 1.165) is 6.07 Å². The van der Waals surface area contributed by atoms with Gasteiger partial charge in [-0.1, -0.05) is 11.6 Å². The molecular weight excluding hydrogens is 364 g/mol. The number of nitrogens with zero attached hydrogens (tertiary/aromatic N) is 2. The maximum absolute atomic E-state index is 12.4. The normalized spacial score (nSPS) is 9.92. The second-order valence-electron chi connectivity index (χ2n) is 4.86. The van der Waals surface area contributed by atoms with Gasteiger partial charge in [-0.25, -0.2) is 4.79 Å². The Morgan fingerprint density at radius 2 is 2.04 bits per heavy atom. The number of nitro benzene ring substituents is 1. The highest BCUT2D eigenvalue weighted by molar-refractivity contribution is 6.32. The molecule has 0 spiro atoms. The van der Waals surface area contributed by atoms with Gasteiger partial charge in [0.05, 0.1) is 40.9 Å². The van der Waals surface area contributed by atoms with Gasteiger partial charge in [-0.05, 0) is 25.1 Å². The number of nitriles is 1. The first kappa shape index (κ1) is 19.0. The van der Waals surface area contributed by atoms with Crippen molar-refractivity contribution in [1.82, 2.24) is 0 Å². The fourth-order valence-corrected chi connectivity index (χ4v) is 2.36. The number of rotatable bonds is 6. The number of hydrogen-bond acceptors (Lipinski definition) is 7. The third-order valence-corrected chi connectivity index (χ3v) is 3.53. The highest BCUT2D eigenvalue weighted by Gasteiger charge is 2.22. The molecule has 0 saturated heterocycles. The van der Waals surface area contributed by atoms with E-state index in [1.54, 1.807) is 6.92 Å². The van der Waals surface area contributed by atoms with Gasteiger partial charge in [-0.3, -0.25) is 10.1 Å². The van der Waals surface area contributed by atoms with Crippen LogP contribution in [0.15, 0.2) is 30.3 Å². The molecule has 2 aromatic carbocycles. The monoisotopic (exact) mass is 376 g/mol. The number of hydrogen-bond donors (Lipinski definition) is 0. The number of halogens is 1. The summed E-state index contributed by atoms with van der Waals surface area (Å²) in [6.07, 6.45) is 0. The van der Waals surface area contributed by atoms with Crippen molar-refractivity contribution < 1.29 is 23.9 Å². The number of esters is 1. The zero-order valence-electron chi connectivity index (χ0n) is 13.8. The Hall–Kier alpha value is -3.31. The van der Waals surface area contributed by atoms with Crippen LogP contribution in [0.1, 0.15) is 22.8 Å². The van der Waals surface area contributed by atoms with Crippen molar-refractivity contribution in [2.75, 3.05) is 13.7 Å². The van der Waals surface area contributed by atoms with Crippen LogP contribution in [-0.2, 0) is 0 Å². The lowest BCUT2D eigenvalue weighted by Gasteiger charge is -2.13. The molecule has 0 fully saturated rings. The number of benzene rings is 2.